The molecule has 3 amide bonds. The van der Waals surface area contributed by atoms with Crippen LogP contribution in [-0.4, -0.2) is 81.2 Å². The molecule has 3 atom stereocenters. The summed E-state index contributed by atoms with van der Waals surface area (Å²) in [6.45, 7) is 2.15. The highest BCUT2D eigenvalue weighted by Crippen LogP contribution is 2.25. The molecule has 1 aliphatic rings. The molecule has 1 aromatic rings. The molecule has 0 saturated carbocycles. The van der Waals surface area contributed by atoms with Gasteiger partial charge in [-0.25, -0.2) is 0 Å². The molecule has 1 aromatic carbocycles. The van der Waals surface area contributed by atoms with Gasteiger partial charge in [0.05, 0.1) is 12.5 Å². The highest BCUT2D eigenvalue weighted by Gasteiger charge is 2.37. The molecule has 1 saturated heterocycles. The Kier molecular flexibility index (Phi) is 8.22. The van der Waals surface area contributed by atoms with E-state index in [1.54, 1.807) is 7.05 Å². The number of carbonyl (C=O) groups excluding carboxylic acids is 3. The van der Waals surface area contributed by atoms with Gasteiger partial charge in [-0.15, -0.1) is 0 Å². The lowest BCUT2D eigenvalue weighted by molar-refractivity contribution is -0.145. The Morgan fingerprint density at radius 1 is 1.32 bits per heavy atom. The molecule has 1 fully saturated rings. The highest BCUT2D eigenvalue weighted by atomic mass is 16.3. The van der Waals surface area contributed by atoms with Crippen LogP contribution in [0.3, 0.4) is 0 Å². The Bertz CT molecular complexity index is 868. The molecule has 168 valence electrons. The number of nitriles is 1. The number of phenols is 2. The molecule has 0 unspecified atom stereocenters. The van der Waals surface area contributed by atoms with Crippen LogP contribution in [0.2, 0.25) is 0 Å². The number of nitrogens with zero attached hydrogens (tertiary/aromatic N) is 3. The topological polar surface area (TPSA) is 154 Å². The standard InChI is InChI=1S/C21H28N4O6/c1-13(23-19(29)18(28)12-14-6-7-16(26)17(27)11-14)20(30)25-10-3-5-15(25)21(31)24(2)9-4-8-22/h6-7,11,13,15,18,26-28H,3-5,9-10,12H2,1-2H3,(H,23,29)/t13-,15-,18+/m0/s1. The van der Waals surface area contributed by atoms with Gasteiger partial charge in [-0.2, -0.15) is 5.26 Å². The van der Waals surface area contributed by atoms with Crippen molar-refractivity contribution >= 4 is 17.7 Å². The number of aliphatic hydroxyl groups excluding tert-OH is 1. The first-order valence-electron chi connectivity index (χ1n) is 10.1. The second-order valence-electron chi connectivity index (χ2n) is 7.63. The van der Waals surface area contributed by atoms with Crippen molar-refractivity contribution in [3.8, 4) is 17.6 Å². The number of amides is 3. The smallest absolute Gasteiger partial charge is 0.249 e. The van der Waals surface area contributed by atoms with Crippen LogP contribution in [0, 0.1) is 11.3 Å². The average Bonchev–Trinajstić information content (AvgIpc) is 3.23. The molecule has 10 heteroatoms. The molecular formula is C21H28N4O6. The molecule has 0 spiro atoms. The summed E-state index contributed by atoms with van der Waals surface area (Å²) in [5.41, 5.74) is 0.433. The van der Waals surface area contributed by atoms with Crippen molar-refractivity contribution in [1.29, 1.82) is 5.26 Å². The minimum absolute atomic E-state index is 0.116. The molecule has 1 heterocycles. The van der Waals surface area contributed by atoms with Gasteiger partial charge in [0.15, 0.2) is 11.5 Å². The third kappa shape index (κ3) is 6.08. The van der Waals surface area contributed by atoms with Crippen LogP contribution >= 0.6 is 0 Å². The Morgan fingerprint density at radius 3 is 2.68 bits per heavy atom. The van der Waals surface area contributed by atoms with Gasteiger partial charge in [0.25, 0.3) is 0 Å². The minimum Gasteiger partial charge on any atom is -0.504 e. The van der Waals surface area contributed by atoms with E-state index >= 15 is 0 Å². The normalized spacial score (nSPS) is 17.5. The summed E-state index contributed by atoms with van der Waals surface area (Å²) in [5, 5.41) is 40.2. The third-order valence-electron chi connectivity index (χ3n) is 5.26. The largest absolute Gasteiger partial charge is 0.504 e. The van der Waals surface area contributed by atoms with Gasteiger partial charge in [-0.1, -0.05) is 6.07 Å². The lowest BCUT2D eigenvalue weighted by Gasteiger charge is -2.30. The predicted octanol–water partition coefficient (Wildman–Crippen LogP) is -0.131. The number of aromatic hydroxyl groups is 2. The Morgan fingerprint density at radius 2 is 2.03 bits per heavy atom. The number of likely N-dealkylation sites (N-methyl/N-ethyl adjacent to an activating group) is 1. The molecule has 10 nitrogen and oxygen atoms in total. The fourth-order valence-corrected chi connectivity index (χ4v) is 3.50. The van der Waals surface area contributed by atoms with Crippen molar-refractivity contribution in [2.75, 3.05) is 20.1 Å². The number of nitrogens with one attached hydrogen (secondary N) is 1. The number of carbonyl (C=O) groups is 3. The second-order valence-corrected chi connectivity index (χ2v) is 7.63. The van der Waals surface area contributed by atoms with Gasteiger partial charge in [0, 0.05) is 26.6 Å². The maximum absolute atomic E-state index is 12.8. The van der Waals surface area contributed by atoms with Crippen molar-refractivity contribution < 1.29 is 29.7 Å². The van der Waals surface area contributed by atoms with Crippen LogP contribution in [-0.2, 0) is 20.8 Å². The minimum atomic E-state index is -1.47. The average molecular weight is 432 g/mol. The molecule has 2 rings (SSSR count). The number of aliphatic hydroxyl groups is 1. The van der Waals surface area contributed by atoms with Crippen molar-refractivity contribution in [1.82, 2.24) is 15.1 Å². The van der Waals surface area contributed by atoms with E-state index in [1.165, 1.54) is 34.9 Å². The van der Waals surface area contributed by atoms with Gasteiger partial charge in [-0.3, -0.25) is 14.4 Å². The van der Waals surface area contributed by atoms with Crippen molar-refractivity contribution in [2.45, 2.75) is 50.8 Å². The Balaban J connectivity index is 1.95. The van der Waals surface area contributed by atoms with E-state index in [0.29, 0.717) is 24.9 Å². The Labute approximate surface area is 180 Å². The van der Waals surface area contributed by atoms with E-state index in [9.17, 15) is 29.7 Å². The summed E-state index contributed by atoms with van der Waals surface area (Å²) in [4.78, 5) is 40.7. The lowest BCUT2D eigenvalue weighted by atomic mass is 10.1. The maximum Gasteiger partial charge on any atom is 0.249 e. The second kappa shape index (κ2) is 10.6. The van der Waals surface area contributed by atoms with Gasteiger partial charge in [0.1, 0.15) is 18.2 Å². The molecule has 0 aromatic heterocycles. The van der Waals surface area contributed by atoms with Gasteiger partial charge in [0.2, 0.25) is 17.7 Å². The number of likely N-dealkylation sites (tertiary alicyclic amines) is 1. The molecule has 31 heavy (non-hydrogen) atoms. The van der Waals surface area contributed by atoms with E-state index in [4.69, 9.17) is 5.26 Å². The lowest BCUT2D eigenvalue weighted by Crippen LogP contribution is -2.54. The fraction of sp³-hybridized carbons (Fsp3) is 0.524. The molecular weight excluding hydrogens is 404 g/mol. The summed E-state index contributed by atoms with van der Waals surface area (Å²) in [5.74, 6) is -2.10. The zero-order valence-corrected chi connectivity index (χ0v) is 17.6. The summed E-state index contributed by atoms with van der Waals surface area (Å²) >= 11 is 0. The van der Waals surface area contributed by atoms with Crippen LogP contribution < -0.4 is 5.32 Å². The van der Waals surface area contributed by atoms with Crippen molar-refractivity contribution in [3.63, 3.8) is 0 Å². The summed E-state index contributed by atoms with van der Waals surface area (Å²) in [6.07, 6.45) is -0.217. The maximum atomic E-state index is 12.8. The van der Waals surface area contributed by atoms with Crippen LogP contribution in [0.1, 0.15) is 31.7 Å². The van der Waals surface area contributed by atoms with E-state index in [1.807, 2.05) is 6.07 Å². The first-order valence-corrected chi connectivity index (χ1v) is 10.1. The van der Waals surface area contributed by atoms with E-state index in [2.05, 4.69) is 5.32 Å². The molecule has 0 bridgehead atoms. The van der Waals surface area contributed by atoms with Crippen molar-refractivity contribution in [3.05, 3.63) is 23.8 Å². The number of rotatable bonds is 8. The van der Waals surface area contributed by atoms with E-state index in [0.717, 1.165) is 0 Å². The van der Waals surface area contributed by atoms with Gasteiger partial charge < -0.3 is 30.4 Å². The van der Waals surface area contributed by atoms with Gasteiger partial charge in [-0.05, 0) is 37.5 Å². The first kappa shape index (κ1) is 24.0. The molecule has 1 aliphatic heterocycles. The summed E-state index contributed by atoms with van der Waals surface area (Å²) in [7, 11) is 1.59. The number of phenolic OH excluding ortho intramolecular Hbond substituents is 2. The number of hydrogen-bond donors (Lipinski definition) is 4. The summed E-state index contributed by atoms with van der Waals surface area (Å²) < 4.78 is 0. The highest BCUT2D eigenvalue weighted by molar-refractivity contribution is 5.93. The van der Waals surface area contributed by atoms with E-state index < -0.39 is 30.0 Å². The Hall–Kier alpha value is -3.32. The predicted molar refractivity (Wildman–Crippen MR) is 110 cm³/mol. The van der Waals surface area contributed by atoms with Crippen LogP contribution in [0.5, 0.6) is 11.5 Å². The van der Waals surface area contributed by atoms with Crippen molar-refractivity contribution in [2.24, 2.45) is 0 Å². The third-order valence-corrected chi connectivity index (χ3v) is 5.26. The van der Waals surface area contributed by atoms with E-state index in [-0.39, 0.29) is 36.8 Å². The monoisotopic (exact) mass is 432 g/mol. The fourth-order valence-electron chi connectivity index (χ4n) is 3.50. The first-order chi connectivity index (χ1) is 14.6. The zero-order chi connectivity index (χ0) is 23.1. The number of benzene rings is 1. The molecule has 0 radical (unpaired) electrons. The zero-order valence-electron chi connectivity index (χ0n) is 17.6. The van der Waals surface area contributed by atoms with Crippen LogP contribution in [0.4, 0.5) is 0 Å². The van der Waals surface area contributed by atoms with Crippen LogP contribution in [0.15, 0.2) is 18.2 Å². The number of hydrogen-bond acceptors (Lipinski definition) is 7. The molecule has 4 N–H and O–H groups in total. The summed E-state index contributed by atoms with van der Waals surface area (Å²) in [6, 6.07) is 4.34. The van der Waals surface area contributed by atoms with Gasteiger partial charge >= 0.3 is 0 Å². The SMILES string of the molecule is C[C@H](NC(=O)[C@H](O)Cc1ccc(O)c(O)c1)C(=O)N1CCC[C@H]1C(=O)N(C)CCC#N. The quantitative estimate of drug-likeness (QED) is 0.417. The van der Waals surface area contributed by atoms with Crippen LogP contribution in [0.25, 0.3) is 0 Å². The molecule has 0 aliphatic carbocycles.